The van der Waals surface area contributed by atoms with Crippen molar-refractivity contribution in [2.75, 3.05) is 32.8 Å². The first-order valence-corrected chi connectivity index (χ1v) is 7.37. The van der Waals surface area contributed by atoms with Gasteiger partial charge in [0.05, 0.1) is 12.6 Å². The first-order valence-electron chi connectivity index (χ1n) is 7.37. The van der Waals surface area contributed by atoms with Crippen LogP contribution in [-0.4, -0.2) is 54.5 Å². The number of nitriles is 1. The number of nitrogens with zero attached hydrogens (tertiary/aromatic N) is 4. The van der Waals surface area contributed by atoms with Gasteiger partial charge in [-0.05, 0) is 13.8 Å². The Morgan fingerprint density at radius 2 is 2.14 bits per heavy atom. The van der Waals surface area contributed by atoms with Crippen molar-refractivity contribution in [3.8, 4) is 6.07 Å². The minimum atomic E-state index is 0.328. The fraction of sp³-hybridized carbons (Fsp3) is 0.500. The number of rotatable bonds is 4. The van der Waals surface area contributed by atoms with E-state index >= 15 is 0 Å². The van der Waals surface area contributed by atoms with Crippen molar-refractivity contribution >= 4 is 5.84 Å². The van der Waals surface area contributed by atoms with E-state index in [1.807, 2.05) is 37.3 Å². The Morgan fingerprint density at radius 3 is 2.76 bits per heavy atom. The summed E-state index contributed by atoms with van der Waals surface area (Å²) in [5.74, 6) is 0.876. The van der Waals surface area contributed by atoms with Crippen LogP contribution in [0.5, 0.6) is 0 Å². The van der Waals surface area contributed by atoms with Gasteiger partial charge in [0, 0.05) is 31.2 Å². The lowest BCUT2D eigenvalue weighted by atomic mass is 10.1. The maximum absolute atomic E-state index is 8.86. The molecule has 2 rings (SSSR count). The molecule has 0 bridgehead atoms. The first-order chi connectivity index (χ1) is 10.3. The second kappa shape index (κ2) is 7.65. The lowest BCUT2D eigenvalue weighted by Gasteiger charge is -2.39. The molecule has 0 aromatic heterocycles. The molecule has 0 radical (unpaired) electrons. The smallest absolute Gasteiger partial charge is 0.175 e. The maximum Gasteiger partial charge on any atom is 0.175 e. The molecular weight excluding hydrogens is 264 g/mol. The number of amidine groups is 1. The van der Waals surface area contributed by atoms with Crippen molar-refractivity contribution in [2.45, 2.75) is 19.9 Å². The van der Waals surface area contributed by atoms with Crippen LogP contribution in [0.25, 0.3) is 0 Å². The number of hydrogen-bond acceptors (Lipinski definition) is 4. The summed E-state index contributed by atoms with van der Waals surface area (Å²) < 4.78 is 0. The second-order valence-corrected chi connectivity index (χ2v) is 5.12. The fourth-order valence-electron chi connectivity index (χ4n) is 2.52. The Bertz CT molecular complexity index is 509. The molecule has 0 spiro atoms. The van der Waals surface area contributed by atoms with Crippen molar-refractivity contribution in [3.63, 3.8) is 0 Å². The quantitative estimate of drug-likeness (QED) is 0.367. The molecule has 1 atom stereocenters. The molecule has 0 N–H and O–H groups in total. The highest BCUT2D eigenvalue weighted by molar-refractivity contribution is 5.98. The molecule has 1 aliphatic rings. The van der Waals surface area contributed by atoms with Crippen molar-refractivity contribution in [2.24, 2.45) is 5.16 Å². The molecule has 1 aliphatic heterocycles. The zero-order chi connectivity index (χ0) is 15.1. The van der Waals surface area contributed by atoms with E-state index in [0.717, 1.165) is 31.0 Å². The molecule has 112 valence electrons. The van der Waals surface area contributed by atoms with Gasteiger partial charge in [0.15, 0.2) is 5.84 Å². The molecule has 21 heavy (non-hydrogen) atoms. The van der Waals surface area contributed by atoms with E-state index in [2.05, 4.69) is 27.9 Å². The van der Waals surface area contributed by atoms with E-state index in [9.17, 15) is 0 Å². The minimum Gasteiger partial charge on any atom is -0.394 e. The Balaban J connectivity index is 2.14. The lowest BCUT2D eigenvalue weighted by molar-refractivity contribution is 0.123. The largest absolute Gasteiger partial charge is 0.394 e. The molecular formula is C16H22N4O. The predicted octanol–water partition coefficient (Wildman–Crippen LogP) is 1.91. The van der Waals surface area contributed by atoms with Crippen molar-refractivity contribution < 1.29 is 4.84 Å². The van der Waals surface area contributed by atoms with Gasteiger partial charge < -0.3 is 9.74 Å². The molecule has 1 aromatic rings. The average molecular weight is 286 g/mol. The second-order valence-electron chi connectivity index (χ2n) is 5.12. The number of hydrogen-bond donors (Lipinski definition) is 0. The Labute approximate surface area is 126 Å². The van der Waals surface area contributed by atoms with Crippen LogP contribution in [0.2, 0.25) is 0 Å². The van der Waals surface area contributed by atoms with E-state index in [0.29, 0.717) is 19.2 Å². The third-order valence-corrected chi connectivity index (χ3v) is 3.65. The van der Waals surface area contributed by atoms with Gasteiger partial charge in [0.1, 0.15) is 6.61 Å². The molecule has 0 amide bonds. The van der Waals surface area contributed by atoms with E-state index in [4.69, 9.17) is 10.1 Å². The molecule has 0 aliphatic carbocycles. The normalized spacial score (nSPS) is 20.1. The third kappa shape index (κ3) is 3.96. The molecule has 5 nitrogen and oxygen atoms in total. The molecule has 1 heterocycles. The SMILES string of the molecule is CCO/N=C(/c1ccccc1)N1CCN(CC#N)[C@H](C)C1. The summed E-state index contributed by atoms with van der Waals surface area (Å²) in [4.78, 5) is 9.73. The minimum absolute atomic E-state index is 0.328. The van der Waals surface area contributed by atoms with Crippen LogP contribution in [-0.2, 0) is 4.84 Å². The summed E-state index contributed by atoms with van der Waals surface area (Å²) in [5.41, 5.74) is 1.06. The zero-order valence-corrected chi connectivity index (χ0v) is 12.7. The van der Waals surface area contributed by atoms with E-state index < -0.39 is 0 Å². The van der Waals surface area contributed by atoms with Crippen molar-refractivity contribution in [3.05, 3.63) is 35.9 Å². The Hall–Kier alpha value is -2.06. The molecule has 1 saturated heterocycles. The Kier molecular flexibility index (Phi) is 5.59. The van der Waals surface area contributed by atoms with E-state index in [-0.39, 0.29) is 0 Å². The van der Waals surface area contributed by atoms with Gasteiger partial charge in [-0.3, -0.25) is 4.90 Å². The predicted molar refractivity (Wildman–Crippen MR) is 82.8 cm³/mol. The van der Waals surface area contributed by atoms with Crippen LogP contribution in [0.1, 0.15) is 19.4 Å². The van der Waals surface area contributed by atoms with E-state index in [1.165, 1.54) is 0 Å². The molecule has 5 heteroatoms. The number of oxime groups is 1. The van der Waals surface area contributed by atoms with Gasteiger partial charge in [0.25, 0.3) is 0 Å². The maximum atomic E-state index is 8.86. The summed E-state index contributed by atoms with van der Waals surface area (Å²) in [5, 5.41) is 13.2. The van der Waals surface area contributed by atoms with Gasteiger partial charge in [-0.25, -0.2) is 0 Å². The van der Waals surface area contributed by atoms with Crippen LogP contribution < -0.4 is 0 Å². The van der Waals surface area contributed by atoms with Gasteiger partial charge >= 0.3 is 0 Å². The highest BCUT2D eigenvalue weighted by Crippen LogP contribution is 2.14. The lowest BCUT2D eigenvalue weighted by Crippen LogP contribution is -2.53. The summed E-state index contributed by atoms with van der Waals surface area (Å²) in [6.07, 6.45) is 0. The third-order valence-electron chi connectivity index (χ3n) is 3.65. The molecule has 1 aromatic carbocycles. The number of benzene rings is 1. The average Bonchev–Trinajstić information content (AvgIpc) is 2.51. The molecule has 0 saturated carbocycles. The van der Waals surface area contributed by atoms with Crippen LogP contribution in [0.15, 0.2) is 35.5 Å². The van der Waals surface area contributed by atoms with Gasteiger partial charge in [-0.15, -0.1) is 0 Å². The summed E-state index contributed by atoms with van der Waals surface area (Å²) >= 11 is 0. The topological polar surface area (TPSA) is 51.9 Å². The summed E-state index contributed by atoms with van der Waals surface area (Å²) in [6, 6.07) is 12.7. The van der Waals surface area contributed by atoms with Crippen molar-refractivity contribution in [1.29, 1.82) is 5.26 Å². The zero-order valence-electron chi connectivity index (χ0n) is 12.7. The highest BCUT2D eigenvalue weighted by Gasteiger charge is 2.26. The number of piperazine rings is 1. The fourth-order valence-corrected chi connectivity index (χ4v) is 2.52. The van der Waals surface area contributed by atoms with Crippen LogP contribution >= 0.6 is 0 Å². The standard InChI is InChI=1S/C16H22N4O/c1-3-21-18-16(15-7-5-4-6-8-15)20-12-11-19(10-9-17)14(2)13-20/h4-8,14H,3,10-13H2,1-2H3/b18-16-/t14-/m1/s1. The molecule has 0 unspecified atom stereocenters. The van der Waals surface area contributed by atoms with E-state index in [1.54, 1.807) is 0 Å². The van der Waals surface area contributed by atoms with Gasteiger partial charge in [-0.2, -0.15) is 5.26 Å². The monoisotopic (exact) mass is 286 g/mol. The summed E-state index contributed by atoms with van der Waals surface area (Å²) in [7, 11) is 0. The van der Waals surface area contributed by atoms with Crippen molar-refractivity contribution in [1.82, 2.24) is 9.80 Å². The van der Waals surface area contributed by atoms with Crippen LogP contribution in [0.3, 0.4) is 0 Å². The molecule has 1 fully saturated rings. The van der Waals surface area contributed by atoms with Crippen LogP contribution in [0, 0.1) is 11.3 Å². The Morgan fingerprint density at radius 1 is 1.38 bits per heavy atom. The van der Waals surface area contributed by atoms with Crippen LogP contribution in [0.4, 0.5) is 0 Å². The van der Waals surface area contributed by atoms with Gasteiger partial charge in [0.2, 0.25) is 0 Å². The summed E-state index contributed by atoms with van der Waals surface area (Å²) in [6.45, 7) is 7.69. The first kappa shape index (κ1) is 15.3. The highest BCUT2D eigenvalue weighted by atomic mass is 16.6. The van der Waals surface area contributed by atoms with Gasteiger partial charge in [-0.1, -0.05) is 35.5 Å².